The second kappa shape index (κ2) is 11.0. The minimum atomic E-state index is 0.775. The van der Waals surface area contributed by atoms with Gasteiger partial charge in [0.2, 0.25) is 0 Å². The lowest BCUT2D eigenvalue weighted by atomic mass is 9.86. The number of ether oxygens (including phenoxy) is 1. The van der Waals surface area contributed by atoms with Crippen molar-refractivity contribution in [2.45, 2.75) is 71.6 Å². The molecule has 0 fully saturated rings. The first-order valence-corrected chi connectivity index (χ1v) is 9.75. The van der Waals surface area contributed by atoms with Crippen LogP contribution in [-0.2, 0) is 0 Å². The zero-order valence-corrected chi connectivity index (χ0v) is 15.4. The van der Waals surface area contributed by atoms with E-state index in [1.54, 1.807) is 0 Å². The van der Waals surface area contributed by atoms with Gasteiger partial charge in [-0.1, -0.05) is 63.9 Å². The number of benzene rings is 1. The van der Waals surface area contributed by atoms with Crippen molar-refractivity contribution in [2.75, 3.05) is 6.61 Å². The predicted molar refractivity (Wildman–Crippen MR) is 103 cm³/mol. The molecular formula is C23H32O. The zero-order valence-electron chi connectivity index (χ0n) is 15.4. The fourth-order valence-corrected chi connectivity index (χ4v) is 3.13. The van der Waals surface area contributed by atoms with Crippen LogP contribution in [0.5, 0.6) is 5.75 Å². The third-order valence-electron chi connectivity index (χ3n) is 4.68. The molecule has 24 heavy (non-hydrogen) atoms. The number of allylic oxidation sites excluding steroid dienone is 2. The van der Waals surface area contributed by atoms with E-state index in [-0.39, 0.29) is 0 Å². The third kappa shape index (κ3) is 6.83. The maximum atomic E-state index is 5.60. The maximum absolute atomic E-state index is 5.60. The highest BCUT2D eigenvalue weighted by molar-refractivity contribution is 5.43. The quantitative estimate of drug-likeness (QED) is 0.390. The summed E-state index contributed by atoms with van der Waals surface area (Å²) >= 11 is 0. The van der Waals surface area contributed by atoms with Gasteiger partial charge in [0.05, 0.1) is 6.61 Å². The molecule has 1 aromatic carbocycles. The van der Waals surface area contributed by atoms with Crippen LogP contribution in [-0.4, -0.2) is 6.61 Å². The number of hydrogen-bond donors (Lipinski definition) is 0. The highest BCUT2D eigenvalue weighted by Gasteiger charge is 2.12. The van der Waals surface area contributed by atoms with Crippen LogP contribution < -0.4 is 4.74 Å². The highest BCUT2D eigenvalue weighted by Crippen LogP contribution is 2.27. The van der Waals surface area contributed by atoms with Gasteiger partial charge in [0, 0.05) is 5.56 Å². The molecule has 130 valence electrons. The Kier molecular flexibility index (Phi) is 8.53. The minimum Gasteiger partial charge on any atom is -0.494 e. The second-order valence-corrected chi connectivity index (χ2v) is 6.84. The van der Waals surface area contributed by atoms with Crippen LogP contribution in [0.15, 0.2) is 35.9 Å². The molecule has 0 spiro atoms. The summed E-state index contributed by atoms with van der Waals surface area (Å²) in [6.07, 6.45) is 14.0. The molecule has 1 atom stereocenters. The van der Waals surface area contributed by atoms with Crippen molar-refractivity contribution in [1.82, 2.24) is 0 Å². The molecule has 0 heterocycles. The van der Waals surface area contributed by atoms with Gasteiger partial charge in [-0.25, -0.2) is 0 Å². The maximum Gasteiger partial charge on any atom is 0.119 e. The first-order chi connectivity index (χ1) is 11.8. The predicted octanol–water partition coefficient (Wildman–Crippen LogP) is 6.52. The van der Waals surface area contributed by atoms with Gasteiger partial charge in [-0.2, -0.15) is 0 Å². The molecule has 0 saturated carbocycles. The number of unbranched alkanes of at least 4 members (excludes halogenated alkanes) is 3. The average Bonchev–Trinajstić information content (AvgIpc) is 2.64. The van der Waals surface area contributed by atoms with E-state index in [9.17, 15) is 0 Å². The van der Waals surface area contributed by atoms with Crippen molar-refractivity contribution >= 4 is 0 Å². The Balaban J connectivity index is 1.78. The first kappa shape index (κ1) is 18.7. The molecule has 0 aromatic heterocycles. The van der Waals surface area contributed by atoms with Crippen LogP contribution in [0.1, 0.15) is 77.2 Å². The van der Waals surface area contributed by atoms with E-state index in [4.69, 9.17) is 4.74 Å². The summed E-state index contributed by atoms with van der Waals surface area (Å²) in [6.45, 7) is 5.17. The number of rotatable bonds is 8. The van der Waals surface area contributed by atoms with E-state index in [0.717, 1.165) is 36.7 Å². The molecule has 1 unspecified atom stereocenters. The van der Waals surface area contributed by atoms with Gasteiger partial charge in [0.1, 0.15) is 5.75 Å². The fourth-order valence-electron chi connectivity index (χ4n) is 3.13. The first-order valence-electron chi connectivity index (χ1n) is 9.75. The van der Waals surface area contributed by atoms with Gasteiger partial charge >= 0.3 is 0 Å². The lowest BCUT2D eigenvalue weighted by Crippen LogP contribution is -2.05. The zero-order chi connectivity index (χ0) is 17.0. The molecule has 1 nitrogen and oxygen atoms in total. The Morgan fingerprint density at radius 3 is 2.50 bits per heavy atom. The molecule has 0 saturated heterocycles. The van der Waals surface area contributed by atoms with Gasteiger partial charge in [0.25, 0.3) is 0 Å². The van der Waals surface area contributed by atoms with Crippen molar-refractivity contribution in [2.24, 2.45) is 5.92 Å². The summed E-state index contributed by atoms with van der Waals surface area (Å²) in [5.41, 5.74) is 2.40. The van der Waals surface area contributed by atoms with Crippen LogP contribution in [0.25, 0.3) is 0 Å². The smallest absolute Gasteiger partial charge is 0.119 e. The van der Waals surface area contributed by atoms with Crippen molar-refractivity contribution in [1.29, 1.82) is 0 Å². The Labute approximate surface area is 148 Å². The molecule has 2 rings (SSSR count). The fraction of sp³-hybridized carbons (Fsp3) is 0.565. The SMILES string of the molecule is CCCCCCC1CC=C(C#Cc2ccc(OCCC)cc2)CC1. The second-order valence-electron chi connectivity index (χ2n) is 6.84. The van der Waals surface area contributed by atoms with Crippen molar-refractivity contribution < 1.29 is 4.74 Å². The highest BCUT2D eigenvalue weighted by atomic mass is 16.5. The Morgan fingerprint density at radius 2 is 1.83 bits per heavy atom. The molecule has 1 aliphatic carbocycles. The Morgan fingerprint density at radius 1 is 1.00 bits per heavy atom. The summed E-state index contributed by atoms with van der Waals surface area (Å²) in [5.74, 6) is 8.49. The van der Waals surface area contributed by atoms with Crippen LogP contribution in [0.3, 0.4) is 0 Å². The standard InChI is InChI=1S/C23H32O/c1-3-5-6-7-8-20-9-11-21(12-10-20)13-14-22-15-17-23(18-16-22)24-19-4-2/h11,15-18,20H,3-10,12,19H2,1-2H3. The third-order valence-corrected chi connectivity index (χ3v) is 4.68. The van der Waals surface area contributed by atoms with Gasteiger partial charge in [-0.3, -0.25) is 0 Å². The molecule has 0 bridgehead atoms. The van der Waals surface area contributed by atoms with E-state index in [2.05, 4.69) is 43.9 Å². The Bertz CT molecular complexity index is 556. The molecule has 0 N–H and O–H groups in total. The van der Waals surface area contributed by atoms with Crippen molar-refractivity contribution in [3.05, 3.63) is 41.5 Å². The lowest BCUT2D eigenvalue weighted by molar-refractivity contribution is 0.317. The van der Waals surface area contributed by atoms with Gasteiger partial charge in [-0.05, 0) is 61.4 Å². The van der Waals surface area contributed by atoms with Gasteiger partial charge in [0.15, 0.2) is 0 Å². The van der Waals surface area contributed by atoms with Crippen LogP contribution >= 0.6 is 0 Å². The normalized spacial score (nSPS) is 16.9. The molecule has 0 radical (unpaired) electrons. The summed E-state index contributed by atoms with van der Waals surface area (Å²) in [4.78, 5) is 0. The topological polar surface area (TPSA) is 9.23 Å². The van der Waals surface area contributed by atoms with E-state index in [0.29, 0.717) is 0 Å². The average molecular weight is 325 g/mol. The van der Waals surface area contributed by atoms with Crippen molar-refractivity contribution in [3.63, 3.8) is 0 Å². The van der Waals surface area contributed by atoms with E-state index >= 15 is 0 Å². The van der Waals surface area contributed by atoms with Crippen LogP contribution in [0.2, 0.25) is 0 Å². The van der Waals surface area contributed by atoms with Gasteiger partial charge in [-0.15, -0.1) is 0 Å². The molecule has 0 aliphatic heterocycles. The summed E-state index contributed by atoms with van der Waals surface area (Å²) in [5, 5.41) is 0. The van der Waals surface area contributed by atoms with Gasteiger partial charge < -0.3 is 4.74 Å². The summed E-state index contributed by atoms with van der Waals surface area (Å²) in [7, 11) is 0. The molecule has 0 amide bonds. The van der Waals surface area contributed by atoms with Crippen LogP contribution in [0, 0.1) is 17.8 Å². The minimum absolute atomic E-state index is 0.775. The molecule has 1 heteroatoms. The summed E-state index contributed by atoms with van der Waals surface area (Å²) in [6, 6.07) is 8.14. The lowest BCUT2D eigenvalue weighted by Gasteiger charge is -2.19. The summed E-state index contributed by atoms with van der Waals surface area (Å²) < 4.78 is 5.60. The van der Waals surface area contributed by atoms with Crippen LogP contribution in [0.4, 0.5) is 0 Å². The van der Waals surface area contributed by atoms with E-state index < -0.39 is 0 Å². The molecule has 1 aromatic rings. The van der Waals surface area contributed by atoms with E-state index in [1.807, 2.05) is 12.1 Å². The molecule has 1 aliphatic rings. The molecular weight excluding hydrogens is 292 g/mol. The Hall–Kier alpha value is -1.68. The number of hydrogen-bond acceptors (Lipinski definition) is 1. The largest absolute Gasteiger partial charge is 0.494 e. The van der Waals surface area contributed by atoms with Crippen molar-refractivity contribution in [3.8, 4) is 17.6 Å². The van der Waals surface area contributed by atoms with E-state index in [1.165, 1.54) is 50.5 Å². The monoisotopic (exact) mass is 324 g/mol.